The highest BCUT2D eigenvalue weighted by Gasteiger charge is 2.34. The number of benzene rings is 1. The average Bonchev–Trinajstić information content (AvgIpc) is 2.77. The van der Waals surface area contributed by atoms with Crippen molar-refractivity contribution < 1.29 is 13.5 Å². The molecule has 1 heterocycles. The van der Waals surface area contributed by atoms with E-state index in [0.717, 1.165) is 6.42 Å². The van der Waals surface area contributed by atoms with E-state index in [9.17, 15) is 8.78 Å². The molecule has 1 aromatic carbocycles. The molecule has 1 fully saturated rings. The lowest BCUT2D eigenvalue weighted by Gasteiger charge is -2.26. The van der Waals surface area contributed by atoms with Gasteiger partial charge in [0.1, 0.15) is 0 Å². The van der Waals surface area contributed by atoms with Crippen molar-refractivity contribution in [1.29, 1.82) is 0 Å². The van der Waals surface area contributed by atoms with Gasteiger partial charge < -0.3 is 4.74 Å². The SMILES string of the molecule is Cc1ccc(C(NN)C2OCCC2C)c(F)c1F. The third kappa shape index (κ3) is 2.25. The van der Waals surface area contributed by atoms with Crippen LogP contribution in [0.3, 0.4) is 0 Å². The van der Waals surface area contributed by atoms with E-state index in [1.165, 1.54) is 6.92 Å². The summed E-state index contributed by atoms with van der Waals surface area (Å²) in [6, 6.07) is 2.59. The Labute approximate surface area is 105 Å². The smallest absolute Gasteiger partial charge is 0.164 e. The molecule has 1 aliphatic rings. The van der Waals surface area contributed by atoms with Gasteiger partial charge in [0.2, 0.25) is 0 Å². The van der Waals surface area contributed by atoms with Crippen molar-refractivity contribution in [3.8, 4) is 0 Å². The fourth-order valence-corrected chi connectivity index (χ4v) is 2.41. The number of hydrogen-bond acceptors (Lipinski definition) is 3. The van der Waals surface area contributed by atoms with Crippen LogP contribution in [0.4, 0.5) is 8.78 Å². The predicted molar refractivity (Wildman–Crippen MR) is 64.7 cm³/mol. The molecule has 0 bridgehead atoms. The van der Waals surface area contributed by atoms with Crippen LogP contribution < -0.4 is 11.3 Å². The van der Waals surface area contributed by atoms with Crippen LogP contribution in [0.5, 0.6) is 0 Å². The van der Waals surface area contributed by atoms with E-state index in [1.807, 2.05) is 6.92 Å². The third-order valence-electron chi connectivity index (χ3n) is 3.59. The molecule has 0 radical (unpaired) electrons. The number of nitrogens with two attached hydrogens (primary N) is 1. The molecule has 0 aromatic heterocycles. The van der Waals surface area contributed by atoms with E-state index in [4.69, 9.17) is 10.6 Å². The molecule has 3 N–H and O–H groups in total. The number of halogens is 2. The predicted octanol–water partition coefficient (Wildman–Crippen LogP) is 2.20. The summed E-state index contributed by atoms with van der Waals surface area (Å²) in [5.74, 6) is 4.08. The number of hydrogen-bond donors (Lipinski definition) is 2. The fraction of sp³-hybridized carbons (Fsp3) is 0.538. The summed E-state index contributed by atoms with van der Waals surface area (Å²) in [5, 5.41) is 0. The zero-order chi connectivity index (χ0) is 13.3. The maximum atomic E-state index is 14.0. The van der Waals surface area contributed by atoms with Gasteiger partial charge in [-0.3, -0.25) is 11.3 Å². The van der Waals surface area contributed by atoms with Gasteiger partial charge in [-0.1, -0.05) is 19.1 Å². The maximum Gasteiger partial charge on any atom is 0.164 e. The lowest BCUT2D eigenvalue weighted by atomic mass is 9.92. The monoisotopic (exact) mass is 256 g/mol. The van der Waals surface area contributed by atoms with Crippen LogP contribution in [-0.2, 0) is 4.74 Å². The first kappa shape index (κ1) is 13.4. The van der Waals surface area contributed by atoms with Crippen LogP contribution in [0.2, 0.25) is 0 Å². The van der Waals surface area contributed by atoms with Gasteiger partial charge in [0, 0.05) is 12.2 Å². The summed E-state index contributed by atoms with van der Waals surface area (Å²) in [5.41, 5.74) is 3.05. The molecule has 2 rings (SSSR count). The highest BCUT2D eigenvalue weighted by atomic mass is 19.2. The van der Waals surface area contributed by atoms with Crippen molar-refractivity contribution in [3.05, 3.63) is 34.9 Å². The Morgan fingerprint density at radius 1 is 1.39 bits per heavy atom. The Morgan fingerprint density at radius 3 is 2.67 bits per heavy atom. The largest absolute Gasteiger partial charge is 0.376 e. The van der Waals surface area contributed by atoms with Crippen molar-refractivity contribution in [3.63, 3.8) is 0 Å². The van der Waals surface area contributed by atoms with E-state index < -0.39 is 17.7 Å². The highest BCUT2D eigenvalue weighted by Crippen LogP contribution is 2.32. The van der Waals surface area contributed by atoms with Gasteiger partial charge in [-0.25, -0.2) is 8.78 Å². The van der Waals surface area contributed by atoms with Crippen molar-refractivity contribution in [2.24, 2.45) is 11.8 Å². The van der Waals surface area contributed by atoms with Gasteiger partial charge in [0.15, 0.2) is 11.6 Å². The van der Waals surface area contributed by atoms with Crippen molar-refractivity contribution in [2.75, 3.05) is 6.61 Å². The van der Waals surface area contributed by atoms with Crippen LogP contribution in [0.25, 0.3) is 0 Å². The molecule has 0 aliphatic carbocycles. The first-order valence-corrected chi connectivity index (χ1v) is 6.08. The highest BCUT2D eigenvalue weighted by molar-refractivity contribution is 5.28. The zero-order valence-electron chi connectivity index (χ0n) is 10.5. The Balaban J connectivity index is 2.36. The minimum atomic E-state index is -0.847. The van der Waals surface area contributed by atoms with E-state index in [0.29, 0.717) is 6.61 Å². The van der Waals surface area contributed by atoms with Gasteiger partial charge in [-0.15, -0.1) is 0 Å². The summed E-state index contributed by atoms with van der Waals surface area (Å²) in [6.45, 7) is 4.17. The second kappa shape index (κ2) is 5.30. The Bertz CT molecular complexity index is 439. The lowest BCUT2D eigenvalue weighted by Crippen LogP contribution is -2.39. The van der Waals surface area contributed by atoms with Crippen LogP contribution in [0.15, 0.2) is 12.1 Å². The second-order valence-corrected chi connectivity index (χ2v) is 4.85. The van der Waals surface area contributed by atoms with Gasteiger partial charge in [0.25, 0.3) is 0 Å². The Kier molecular flexibility index (Phi) is 3.94. The minimum Gasteiger partial charge on any atom is -0.376 e. The van der Waals surface area contributed by atoms with Crippen LogP contribution in [0, 0.1) is 24.5 Å². The standard InChI is InChI=1S/C13H18F2N2O/c1-7-3-4-9(11(15)10(7)14)12(17-16)13-8(2)5-6-18-13/h3-4,8,12-13,17H,5-6,16H2,1-2H3. The van der Waals surface area contributed by atoms with Crippen molar-refractivity contribution >= 4 is 0 Å². The number of ether oxygens (including phenoxy) is 1. The zero-order valence-corrected chi connectivity index (χ0v) is 10.5. The van der Waals surface area contributed by atoms with Crippen molar-refractivity contribution in [2.45, 2.75) is 32.4 Å². The summed E-state index contributed by atoms with van der Waals surface area (Å²) in [4.78, 5) is 0. The molecule has 0 amide bonds. The first-order chi connectivity index (χ1) is 8.56. The van der Waals surface area contributed by atoms with E-state index in [-0.39, 0.29) is 23.1 Å². The normalized spacial score (nSPS) is 25.4. The summed E-state index contributed by atoms with van der Waals surface area (Å²) < 4.78 is 33.1. The first-order valence-electron chi connectivity index (χ1n) is 6.08. The molecule has 1 aliphatic heterocycles. The van der Waals surface area contributed by atoms with Crippen LogP contribution in [0.1, 0.15) is 30.5 Å². The molecule has 3 atom stereocenters. The second-order valence-electron chi connectivity index (χ2n) is 4.85. The van der Waals surface area contributed by atoms with Crippen LogP contribution in [-0.4, -0.2) is 12.7 Å². The Hall–Kier alpha value is -1.04. The van der Waals surface area contributed by atoms with Gasteiger partial charge in [-0.2, -0.15) is 0 Å². The third-order valence-corrected chi connectivity index (χ3v) is 3.59. The number of hydrazine groups is 1. The van der Waals surface area contributed by atoms with E-state index >= 15 is 0 Å². The number of aryl methyl sites for hydroxylation is 1. The quantitative estimate of drug-likeness (QED) is 0.644. The number of rotatable bonds is 3. The molecule has 100 valence electrons. The van der Waals surface area contributed by atoms with Gasteiger partial charge in [-0.05, 0) is 24.8 Å². The summed E-state index contributed by atoms with van der Waals surface area (Å²) >= 11 is 0. The molecule has 3 unspecified atom stereocenters. The van der Waals surface area contributed by atoms with Crippen molar-refractivity contribution in [1.82, 2.24) is 5.43 Å². The minimum absolute atomic E-state index is 0.222. The molecule has 0 spiro atoms. The van der Waals surface area contributed by atoms with Gasteiger partial charge in [0.05, 0.1) is 12.1 Å². The Morgan fingerprint density at radius 2 is 2.11 bits per heavy atom. The van der Waals surface area contributed by atoms with Gasteiger partial charge >= 0.3 is 0 Å². The fourth-order valence-electron chi connectivity index (χ4n) is 2.41. The molecule has 18 heavy (non-hydrogen) atoms. The summed E-state index contributed by atoms with van der Waals surface area (Å²) in [7, 11) is 0. The topological polar surface area (TPSA) is 47.3 Å². The molecule has 5 heteroatoms. The number of nitrogens with one attached hydrogen (secondary N) is 1. The molecular weight excluding hydrogens is 238 g/mol. The molecule has 0 saturated carbocycles. The molecule has 1 aromatic rings. The lowest BCUT2D eigenvalue weighted by molar-refractivity contribution is 0.0594. The van der Waals surface area contributed by atoms with Crippen LogP contribution >= 0.6 is 0 Å². The van der Waals surface area contributed by atoms with E-state index in [1.54, 1.807) is 12.1 Å². The molecule has 1 saturated heterocycles. The molecule has 3 nitrogen and oxygen atoms in total. The summed E-state index contributed by atoms with van der Waals surface area (Å²) in [6.07, 6.45) is 0.672. The molecular formula is C13H18F2N2O. The van der Waals surface area contributed by atoms with E-state index in [2.05, 4.69) is 5.43 Å². The average molecular weight is 256 g/mol. The maximum absolute atomic E-state index is 14.0.